The SMILES string of the molecule is CSc1cc(NC2(CC(=O)O)CCC2)ncn1. The predicted molar refractivity (Wildman–Crippen MR) is 66.3 cm³/mol. The Labute approximate surface area is 104 Å². The lowest BCUT2D eigenvalue weighted by Gasteiger charge is -2.41. The van der Waals surface area contributed by atoms with Gasteiger partial charge in [-0.3, -0.25) is 4.79 Å². The summed E-state index contributed by atoms with van der Waals surface area (Å²) in [5.74, 6) is -0.0540. The van der Waals surface area contributed by atoms with Gasteiger partial charge in [0.2, 0.25) is 0 Å². The number of aliphatic carboxylic acids is 1. The van der Waals surface area contributed by atoms with E-state index in [2.05, 4.69) is 15.3 Å². The van der Waals surface area contributed by atoms with Crippen molar-refractivity contribution in [3.8, 4) is 0 Å². The maximum Gasteiger partial charge on any atom is 0.305 e. The van der Waals surface area contributed by atoms with Gasteiger partial charge in [0, 0.05) is 11.6 Å². The monoisotopic (exact) mass is 253 g/mol. The highest BCUT2D eigenvalue weighted by atomic mass is 32.2. The van der Waals surface area contributed by atoms with Crippen molar-refractivity contribution in [2.45, 2.75) is 36.2 Å². The summed E-state index contributed by atoms with van der Waals surface area (Å²) in [6.45, 7) is 0. The zero-order valence-electron chi connectivity index (χ0n) is 9.64. The Hall–Kier alpha value is -1.30. The molecule has 1 heterocycles. The topological polar surface area (TPSA) is 75.1 Å². The minimum atomic E-state index is -0.767. The number of hydrogen-bond acceptors (Lipinski definition) is 5. The van der Waals surface area contributed by atoms with Crippen LogP contribution in [0.4, 0.5) is 5.82 Å². The summed E-state index contributed by atoms with van der Waals surface area (Å²) in [6, 6.07) is 1.85. The molecule has 2 N–H and O–H groups in total. The van der Waals surface area contributed by atoms with Crippen LogP contribution in [0.25, 0.3) is 0 Å². The van der Waals surface area contributed by atoms with E-state index in [1.165, 1.54) is 6.33 Å². The van der Waals surface area contributed by atoms with Crippen molar-refractivity contribution in [3.05, 3.63) is 12.4 Å². The Balaban J connectivity index is 2.09. The van der Waals surface area contributed by atoms with Crippen LogP contribution in [0.1, 0.15) is 25.7 Å². The molecule has 1 saturated carbocycles. The standard InChI is InChI=1S/C11H15N3O2S/c1-17-9-5-8(12-7-13-9)14-11(3-2-4-11)6-10(15)16/h5,7H,2-4,6H2,1H3,(H,15,16)(H,12,13,14). The van der Waals surface area contributed by atoms with Gasteiger partial charge in [-0.1, -0.05) is 0 Å². The maximum absolute atomic E-state index is 10.8. The molecule has 6 heteroatoms. The Morgan fingerprint density at radius 1 is 1.59 bits per heavy atom. The average Bonchev–Trinajstić information content (AvgIpc) is 2.26. The summed E-state index contributed by atoms with van der Waals surface area (Å²) in [5, 5.41) is 13.1. The van der Waals surface area contributed by atoms with Crippen LogP contribution in [0.3, 0.4) is 0 Å². The Kier molecular flexibility index (Phi) is 3.51. The minimum Gasteiger partial charge on any atom is -0.481 e. The zero-order chi connectivity index (χ0) is 12.3. The normalized spacial score (nSPS) is 17.2. The molecule has 5 nitrogen and oxygen atoms in total. The molecule has 1 fully saturated rings. The van der Waals surface area contributed by atoms with Crippen LogP contribution in [0.15, 0.2) is 17.4 Å². The lowest BCUT2D eigenvalue weighted by molar-refractivity contribution is -0.138. The maximum atomic E-state index is 10.8. The zero-order valence-corrected chi connectivity index (χ0v) is 10.5. The van der Waals surface area contributed by atoms with Gasteiger partial charge in [-0.05, 0) is 25.5 Å². The summed E-state index contributed by atoms with van der Waals surface area (Å²) in [6.07, 6.45) is 6.44. The van der Waals surface area contributed by atoms with Gasteiger partial charge < -0.3 is 10.4 Å². The molecule has 0 amide bonds. The van der Waals surface area contributed by atoms with Crippen molar-refractivity contribution in [2.75, 3.05) is 11.6 Å². The largest absolute Gasteiger partial charge is 0.481 e. The smallest absolute Gasteiger partial charge is 0.305 e. The first-order valence-electron chi connectivity index (χ1n) is 5.50. The predicted octanol–water partition coefficient (Wildman–Crippen LogP) is 2.01. The van der Waals surface area contributed by atoms with E-state index in [9.17, 15) is 4.79 Å². The van der Waals surface area contributed by atoms with Crippen molar-refractivity contribution < 1.29 is 9.90 Å². The number of nitrogens with one attached hydrogen (secondary N) is 1. The van der Waals surface area contributed by atoms with Crippen LogP contribution in [0, 0.1) is 0 Å². The molecule has 1 aromatic rings. The number of rotatable bonds is 5. The highest BCUT2D eigenvalue weighted by molar-refractivity contribution is 7.98. The molecule has 0 saturated heterocycles. The summed E-state index contributed by atoms with van der Waals surface area (Å²) in [7, 11) is 0. The molecule has 1 aromatic heterocycles. The quantitative estimate of drug-likeness (QED) is 0.617. The molecule has 0 atom stereocenters. The van der Waals surface area contributed by atoms with E-state index >= 15 is 0 Å². The van der Waals surface area contributed by atoms with Gasteiger partial charge in [0.05, 0.1) is 6.42 Å². The molecule has 92 valence electrons. The molecular formula is C11H15N3O2S. The number of thioether (sulfide) groups is 1. The van der Waals surface area contributed by atoms with Crippen LogP contribution in [0.2, 0.25) is 0 Å². The van der Waals surface area contributed by atoms with Gasteiger partial charge >= 0.3 is 5.97 Å². The fourth-order valence-corrected chi connectivity index (χ4v) is 2.41. The van der Waals surface area contributed by atoms with Gasteiger partial charge in [-0.15, -0.1) is 11.8 Å². The minimum absolute atomic E-state index is 0.144. The van der Waals surface area contributed by atoms with Gasteiger partial charge in [0.15, 0.2) is 0 Å². The number of nitrogens with zero attached hydrogens (tertiary/aromatic N) is 2. The number of anilines is 1. The molecular weight excluding hydrogens is 238 g/mol. The van der Waals surface area contributed by atoms with E-state index in [4.69, 9.17) is 5.11 Å². The third-order valence-corrected chi connectivity index (χ3v) is 3.69. The summed E-state index contributed by atoms with van der Waals surface area (Å²) in [5.41, 5.74) is -0.310. The summed E-state index contributed by atoms with van der Waals surface area (Å²) >= 11 is 1.54. The van der Waals surface area contributed by atoms with Gasteiger partial charge in [-0.2, -0.15) is 0 Å². The first-order valence-corrected chi connectivity index (χ1v) is 6.72. The second-order valence-corrected chi connectivity index (χ2v) is 5.10. The van der Waals surface area contributed by atoms with Crippen molar-refractivity contribution in [1.29, 1.82) is 0 Å². The first kappa shape index (κ1) is 12.2. The van der Waals surface area contributed by atoms with Gasteiger partial charge in [0.1, 0.15) is 17.2 Å². The van der Waals surface area contributed by atoms with E-state index in [1.54, 1.807) is 11.8 Å². The fourth-order valence-electron chi connectivity index (χ4n) is 2.03. The second-order valence-electron chi connectivity index (χ2n) is 4.28. The molecule has 1 aliphatic rings. The van der Waals surface area contributed by atoms with Crippen molar-refractivity contribution in [1.82, 2.24) is 9.97 Å². The van der Waals surface area contributed by atoms with E-state index in [1.807, 2.05) is 12.3 Å². The third-order valence-electron chi connectivity index (χ3n) is 3.04. The number of carbonyl (C=O) groups is 1. The Morgan fingerprint density at radius 2 is 2.35 bits per heavy atom. The Morgan fingerprint density at radius 3 is 2.88 bits per heavy atom. The molecule has 0 unspecified atom stereocenters. The van der Waals surface area contributed by atoms with Crippen LogP contribution in [0.5, 0.6) is 0 Å². The van der Waals surface area contributed by atoms with E-state index in [0.717, 1.165) is 24.3 Å². The van der Waals surface area contributed by atoms with Crippen LogP contribution < -0.4 is 5.32 Å². The lowest BCUT2D eigenvalue weighted by Crippen LogP contribution is -2.47. The second kappa shape index (κ2) is 4.91. The van der Waals surface area contributed by atoms with Gasteiger partial charge in [-0.25, -0.2) is 9.97 Å². The first-order chi connectivity index (χ1) is 8.13. The molecule has 17 heavy (non-hydrogen) atoms. The van der Waals surface area contributed by atoms with Crippen LogP contribution in [-0.4, -0.2) is 32.8 Å². The van der Waals surface area contributed by atoms with Crippen molar-refractivity contribution in [3.63, 3.8) is 0 Å². The number of aromatic nitrogens is 2. The number of carboxylic acid groups (broad SMARTS) is 1. The molecule has 2 rings (SSSR count). The number of carboxylic acids is 1. The number of hydrogen-bond donors (Lipinski definition) is 2. The highest BCUT2D eigenvalue weighted by Gasteiger charge is 2.39. The third kappa shape index (κ3) is 2.88. The van der Waals surface area contributed by atoms with Crippen molar-refractivity contribution in [2.24, 2.45) is 0 Å². The van der Waals surface area contributed by atoms with Crippen LogP contribution in [-0.2, 0) is 4.79 Å². The van der Waals surface area contributed by atoms with Crippen LogP contribution >= 0.6 is 11.8 Å². The average molecular weight is 253 g/mol. The Bertz CT molecular complexity index is 421. The molecule has 0 bridgehead atoms. The summed E-state index contributed by atoms with van der Waals surface area (Å²) < 4.78 is 0. The van der Waals surface area contributed by atoms with E-state index in [-0.39, 0.29) is 12.0 Å². The highest BCUT2D eigenvalue weighted by Crippen LogP contribution is 2.37. The molecule has 0 spiro atoms. The molecule has 0 aromatic carbocycles. The molecule has 0 aliphatic heterocycles. The summed E-state index contributed by atoms with van der Waals surface area (Å²) in [4.78, 5) is 19.1. The van der Waals surface area contributed by atoms with Gasteiger partial charge in [0.25, 0.3) is 0 Å². The molecule has 0 radical (unpaired) electrons. The van der Waals surface area contributed by atoms with E-state index in [0.29, 0.717) is 5.82 Å². The molecule has 1 aliphatic carbocycles. The lowest BCUT2D eigenvalue weighted by atomic mass is 9.74. The van der Waals surface area contributed by atoms with Crippen molar-refractivity contribution >= 4 is 23.5 Å². The van der Waals surface area contributed by atoms with E-state index < -0.39 is 5.97 Å². The fraction of sp³-hybridized carbons (Fsp3) is 0.545.